The van der Waals surface area contributed by atoms with Gasteiger partial charge in [-0.25, -0.2) is 4.98 Å². The standard InChI is InChI=1S/C13H17ClN4O/c1-3-9(2)17-13(19)4-5-16-12-7-10(8-15)6-11(14)18-12/h6-7,9H,3-5H2,1-2H3,(H,16,18)(H,17,19). The summed E-state index contributed by atoms with van der Waals surface area (Å²) < 4.78 is 0. The van der Waals surface area contributed by atoms with Crippen LogP contribution in [0.1, 0.15) is 32.3 Å². The van der Waals surface area contributed by atoms with Crippen LogP contribution in [0.15, 0.2) is 12.1 Å². The van der Waals surface area contributed by atoms with Crippen molar-refractivity contribution in [3.63, 3.8) is 0 Å². The van der Waals surface area contributed by atoms with E-state index in [-0.39, 0.29) is 17.1 Å². The second-order valence-corrected chi connectivity index (χ2v) is 4.62. The van der Waals surface area contributed by atoms with Crippen LogP contribution < -0.4 is 10.6 Å². The van der Waals surface area contributed by atoms with Gasteiger partial charge in [-0.3, -0.25) is 4.79 Å². The van der Waals surface area contributed by atoms with Gasteiger partial charge in [0.05, 0.1) is 11.6 Å². The summed E-state index contributed by atoms with van der Waals surface area (Å²) in [7, 11) is 0. The van der Waals surface area contributed by atoms with Crippen molar-refractivity contribution < 1.29 is 4.79 Å². The molecule has 0 aliphatic rings. The first-order valence-electron chi connectivity index (χ1n) is 6.16. The second kappa shape index (κ2) is 7.59. The van der Waals surface area contributed by atoms with Gasteiger partial charge in [0, 0.05) is 19.0 Å². The van der Waals surface area contributed by atoms with Gasteiger partial charge in [0.2, 0.25) is 5.91 Å². The van der Waals surface area contributed by atoms with Gasteiger partial charge in [-0.1, -0.05) is 18.5 Å². The Balaban J connectivity index is 2.43. The fourth-order valence-electron chi connectivity index (χ4n) is 1.41. The van der Waals surface area contributed by atoms with E-state index in [1.54, 1.807) is 6.07 Å². The molecule has 0 saturated carbocycles. The van der Waals surface area contributed by atoms with E-state index < -0.39 is 0 Å². The lowest BCUT2D eigenvalue weighted by molar-refractivity contribution is -0.121. The Morgan fingerprint density at radius 2 is 2.32 bits per heavy atom. The molecule has 1 rings (SSSR count). The third-order valence-electron chi connectivity index (χ3n) is 2.60. The van der Waals surface area contributed by atoms with Gasteiger partial charge in [-0.15, -0.1) is 0 Å². The van der Waals surface area contributed by atoms with Crippen LogP contribution in [0.2, 0.25) is 5.15 Å². The van der Waals surface area contributed by atoms with Crippen LogP contribution >= 0.6 is 11.6 Å². The quantitative estimate of drug-likeness (QED) is 0.784. The minimum Gasteiger partial charge on any atom is -0.369 e. The maximum absolute atomic E-state index is 11.5. The van der Waals surface area contributed by atoms with Gasteiger partial charge in [-0.2, -0.15) is 5.26 Å². The minimum absolute atomic E-state index is 0.00983. The molecule has 0 fully saturated rings. The molecule has 1 heterocycles. The summed E-state index contributed by atoms with van der Waals surface area (Å²) in [6.45, 7) is 4.42. The molecule has 19 heavy (non-hydrogen) atoms. The average Bonchev–Trinajstić information content (AvgIpc) is 2.37. The SMILES string of the molecule is CCC(C)NC(=O)CCNc1cc(C#N)cc(Cl)n1. The number of carbonyl (C=O) groups excluding carboxylic acids is 1. The summed E-state index contributed by atoms with van der Waals surface area (Å²) in [6, 6.07) is 5.26. The predicted octanol–water partition coefficient (Wildman–Crippen LogP) is 2.32. The Labute approximate surface area is 118 Å². The summed E-state index contributed by atoms with van der Waals surface area (Å²) in [5.41, 5.74) is 0.437. The number of anilines is 1. The number of hydrogen-bond donors (Lipinski definition) is 2. The zero-order valence-electron chi connectivity index (χ0n) is 11.0. The van der Waals surface area contributed by atoms with Gasteiger partial charge in [-0.05, 0) is 25.5 Å². The average molecular weight is 281 g/mol. The molecule has 1 atom stereocenters. The number of hydrogen-bond acceptors (Lipinski definition) is 4. The Morgan fingerprint density at radius 3 is 2.95 bits per heavy atom. The highest BCUT2D eigenvalue weighted by atomic mass is 35.5. The van der Waals surface area contributed by atoms with Crippen LogP contribution in [-0.4, -0.2) is 23.5 Å². The molecule has 5 nitrogen and oxygen atoms in total. The number of nitriles is 1. The molecular weight excluding hydrogens is 264 g/mol. The summed E-state index contributed by atoms with van der Waals surface area (Å²) in [5.74, 6) is 0.491. The molecular formula is C13H17ClN4O. The fraction of sp³-hybridized carbons (Fsp3) is 0.462. The first-order chi connectivity index (χ1) is 9.05. The zero-order valence-corrected chi connectivity index (χ0v) is 11.8. The van der Waals surface area contributed by atoms with Crippen molar-refractivity contribution in [3.05, 3.63) is 22.8 Å². The number of nitrogens with one attached hydrogen (secondary N) is 2. The molecule has 6 heteroatoms. The zero-order chi connectivity index (χ0) is 14.3. The van der Waals surface area contributed by atoms with Gasteiger partial charge in [0.25, 0.3) is 0 Å². The second-order valence-electron chi connectivity index (χ2n) is 4.23. The fourth-order valence-corrected chi connectivity index (χ4v) is 1.61. The van der Waals surface area contributed by atoms with Crippen molar-refractivity contribution in [2.24, 2.45) is 0 Å². The molecule has 0 aliphatic heterocycles. The summed E-state index contributed by atoms with van der Waals surface area (Å²) in [4.78, 5) is 15.6. The lowest BCUT2D eigenvalue weighted by Crippen LogP contribution is -2.33. The van der Waals surface area contributed by atoms with Crippen LogP contribution in [-0.2, 0) is 4.79 Å². The van der Waals surface area contributed by atoms with Gasteiger partial charge in [0.1, 0.15) is 11.0 Å². The van der Waals surface area contributed by atoms with Crippen molar-refractivity contribution in [1.29, 1.82) is 5.26 Å². The van der Waals surface area contributed by atoms with Crippen LogP contribution in [0.25, 0.3) is 0 Å². The highest BCUT2D eigenvalue weighted by Crippen LogP contribution is 2.13. The molecule has 0 radical (unpaired) electrons. The molecule has 1 unspecified atom stereocenters. The normalized spacial score (nSPS) is 11.5. The molecule has 102 valence electrons. The number of amides is 1. The monoisotopic (exact) mass is 280 g/mol. The van der Waals surface area contributed by atoms with E-state index in [1.165, 1.54) is 6.07 Å². The number of halogens is 1. The Kier molecular flexibility index (Phi) is 6.10. The van der Waals surface area contributed by atoms with Crippen molar-refractivity contribution in [2.45, 2.75) is 32.7 Å². The van der Waals surface area contributed by atoms with Crippen molar-refractivity contribution >= 4 is 23.3 Å². The van der Waals surface area contributed by atoms with Crippen LogP contribution in [0.3, 0.4) is 0 Å². The van der Waals surface area contributed by atoms with Gasteiger partial charge < -0.3 is 10.6 Å². The van der Waals surface area contributed by atoms with Crippen LogP contribution in [0, 0.1) is 11.3 Å². The molecule has 1 aromatic heterocycles. The largest absolute Gasteiger partial charge is 0.369 e. The summed E-state index contributed by atoms with van der Waals surface area (Å²) in [5, 5.41) is 14.9. The van der Waals surface area contributed by atoms with E-state index in [0.29, 0.717) is 24.3 Å². The first-order valence-corrected chi connectivity index (χ1v) is 6.54. The molecule has 2 N–H and O–H groups in total. The maximum atomic E-state index is 11.5. The summed E-state index contributed by atoms with van der Waals surface area (Å²) in [6.07, 6.45) is 1.25. The number of rotatable bonds is 6. The smallest absolute Gasteiger partial charge is 0.221 e. The van der Waals surface area contributed by atoms with E-state index >= 15 is 0 Å². The first kappa shape index (κ1) is 15.3. The summed E-state index contributed by atoms with van der Waals surface area (Å²) >= 11 is 5.78. The number of aromatic nitrogens is 1. The lowest BCUT2D eigenvalue weighted by Gasteiger charge is -2.11. The van der Waals surface area contributed by atoms with Crippen molar-refractivity contribution in [1.82, 2.24) is 10.3 Å². The predicted molar refractivity (Wildman–Crippen MR) is 75.0 cm³/mol. The van der Waals surface area contributed by atoms with E-state index in [9.17, 15) is 4.79 Å². The molecule has 0 saturated heterocycles. The van der Waals surface area contributed by atoms with E-state index in [0.717, 1.165) is 6.42 Å². The lowest BCUT2D eigenvalue weighted by atomic mass is 10.2. The number of nitrogens with zero attached hydrogens (tertiary/aromatic N) is 2. The molecule has 0 bridgehead atoms. The topological polar surface area (TPSA) is 77.8 Å². The number of carbonyl (C=O) groups is 1. The highest BCUT2D eigenvalue weighted by molar-refractivity contribution is 6.29. The highest BCUT2D eigenvalue weighted by Gasteiger charge is 2.06. The molecule has 0 aliphatic carbocycles. The van der Waals surface area contributed by atoms with Crippen molar-refractivity contribution in [3.8, 4) is 6.07 Å². The van der Waals surface area contributed by atoms with Crippen molar-refractivity contribution in [2.75, 3.05) is 11.9 Å². The third-order valence-corrected chi connectivity index (χ3v) is 2.79. The van der Waals surface area contributed by atoms with Crippen LogP contribution in [0.4, 0.5) is 5.82 Å². The van der Waals surface area contributed by atoms with Gasteiger partial charge >= 0.3 is 0 Å². The molecule has 1 amide bonds. The molecule has 0 aromatic carbocycles. The van der Waals surface area contributed by atoms with E-state index in [4.69, 9.17) is 16.9 Å². The van der Waals surface area contributed by atoms with Crippen LogP contribution in [0.5, 0.6) is 0 Å². The Hall–Kier alpha value is -1.80. The van der Waals surface area contributed by atoms with E-state index in [2.05, 4.69) is 15.6 Å². The number of pyridine rings is 1. The Bertz CT molecular complexity index is 484. The molecule has 1 aromatic rings. The third kappa shape index (κ3) is 5.58. The minimum atomic E-state index is -0.00983. The molecule has 0 spiro atoms. The Morgan fingerprint density at radius 1 is 1.58 bits per heavy atom. The maximum Gasteiger partial charge on any atom is 0.221 e. The van der Waals surface area contributed by atoms with Gasteiger partial charge in [0.15, 0.2) is 0 Å². The van der Waals surface area contributed by atoms with E-state index in [1.807, 2.05) is 19.9 Å².